The normalized spacial score (nSPS) is 22.0. The minimum Gasteiger partial charge on any atom is -0.331 e. The van der Waals surface area contributed by atoms with Crippen molar-refractivity contribution in [1.29, 1.82) is 0 Å². The number of nitrogens with zero attached hydrogens (tertiary/aromatic N) is 2. The molecule has 2 heteroatoms. The number of benzene rings is 1. The average Bonchev–Trinajstić information content (AvgIpc) is 3.15. The van der Waals surface area contributed by atoms with Gasteiger partial charge >= 0.3 is 0 Å². The summed E-state index contributed by atoms with van der Waals surface area (Å²) in [5.41, 5.74) is 7.46. The first-order valence-electron chi connectivity index (χ1n) is 11.8. The van der Waals surface area contributed by atoms with Crippen molar-refractivity contribution in [1.82, 2.24) is 4.90 Å². The number of hydrogen-bond acceptors (Lipinski definition) is 2. The molecule has 0 saturated heterocycles. The van der Waals surface area contributed by atoms with Gasteiger partial charge in [0.25, 0.3) is 0 Å². The molecule has 30 heavy (non-hydrogen) atoms. The van der Waals surface area contributed by atoms with Gasteiger partial charge in [0, 0.05) is 29.2 Å². The Hall–Kier alpha value is -1.96. The number of para-hydroxylation sites is 1. The molecule has 1 atom stereocenters. The third-order valence-corrected chi connectivity index (χ3v) is 7.20. The van der Waals surface area contributed by atoms with Gasteiger partial charge in [-0.3, -0.25) is 0 Å². The number of anilines is 1. The molecular formula is C28H42N2. The van der Waals surface area contributed by atoms with Crippen molar-refractivity contribution >= 4 is 5.69 Å². The van der Waals surface area contributed by atoms with Crippen LogP contribution in [0.1, 0.15) is 91.7 Å². The number of rotatable bonds is 6. The largest absolute Gasteiger partial charge is 0.331 e. The molecule has 1 aromatic rings. The highest BCUT2D eigenvalue weighted by molar-refractivity contribution is 5.64. The van der Waals surface area contributed by atoms with E-state index in [9.17, 15) is 0 Å². The zero-order valence-corrected chi connectivity index (χ0v) is 20.7. The minimum absolute atomic E-state index is 0.160. The Morgan fingerprint density at radius 2 is 1.37 bits per heavy atom. The summed E-state index contributed by atoms with van der Waals surface area (Å²) in [6.07, 6.45) is 10.5. The first kappa shape index (κ1) is 22.7. The summed E-state index contributed by atoms with van der Waals surface area (Å²) in [7, 11) is 0. The Labute approximate surface area is 185 Å². The van der Waals surface area contributed by atoms with Crippen LogP contribution in [0, 0.1) is 17.3 Å². The molecule has 2 aliphatic rings. The lowest BCUT2D eigenvalue weighted by Crippen LogP contribution is -2.39. The fourth-order valence-electron chi connectivity index (χ4n) is 4.96. The van der Waals surface area contributed by atoms with Gasteiger partial charge in [-0.05, 0) is 46.8 Å². The lowest BCUT2D eigenvalue weighted by atomic mass is 9.68. The maximum atomic E-state index is 2.53. The van der Waals surface area contributed by atoms with E-state index in [4.69, 9.17) is 0 Å². The van der Waals surface area contributed by atoms with E-state index in [0.29, 0.717) is 23.7 Å². The molecule has 0 radical (unpaired) electrons. The monoisotopic (exact) mass is 406 g/mol. The third kappa shape index (κ3) is 3.98. The number of hydrogen-bond donors (Lipinski definition) is 0. The highest BCUT2D eigenvalue weighted by atomic mass is 15.4. The van der Waals surface area contributed by atoms with Crippen LogP contribution in [0.2, 0.25) is 0 Å². The fourth-order valence-corrected chi connectivity index (χ4v) is 4.96. The Bertz CT molecular complexity index is 827. The summed E-state index contributed by atoms with van der Waals surface area (Å²) in [6.45, 7) is 22.0. The van der Waals surface area contributed by atoms with Gasteiger partial charge in [-0.25, -0.2) is 0 Å². The molecule has 0 amide bonds. The van der Waals surface area contributed by atoms with E-state index >= 15 is 0 Å². The standard InChI is InChI=1S/C28H42N2/c1-19(2)23-12-10-13-24(20(3)4)26(23)29-16-17-30(18-29)27-25(21(5)6)14-11-15-28(27,9)22(7)8/h10-14,16-17,19-22H,15,18H2,1-9H3/t28-/m0/s1. The van der Waals surface area contributed by atoms with E-state index in [2.05, 4.69) is 115 Å². The van der Waals surface area contributed by atoms with Crippen LogP contribution in [0.25, 0.3) is 0 Å². The molecular weight excluding hydrogens is 364 g/mol. The summed E-state index contributed by atoms with van der Waals surface area (Å²) in [6, 6.07) is 6.85. The van der Waals surface area contributed by atoms with Crippen molar-refractivity contribution in [3.05, 3.63) is 65.1 Å². The molecule has 1 aliphatic heterocycles. The van der Waals surface area contributed by atoms with Crippen molar-refractivity contribution in [2.75, 3.05) is 11.6 Å². The van der Waals surface area contributed by atoms with Gasteiger partial charge in [-0.2, -0.15) is 0 Å². The predicted molar refractivity (Wildman–Crippen MR) is 132 cm³/mol. The highest BCUT2D eigenvalue weighted by Crippen LogP contribution is 2.48. The summed E-state index contributed by atoms with van der Waals surface area (Å²) < 4.78 is 0. The van der Waals surface area contributed by atoms with Crippen LogP contribution in [0.3, 0.4) is 0 Å². The Balaban J connectivity index is 2.05. The van der Waals surface area contributed by atoms with Crippen molar-refractivity contribution in [2.24, 2.45) is 17.3 Å². The quantitative estimate of drug-likeness (QED) is 0.472. The van der Waals surface area contributed by atoms with Gasteiger partial charge in [-0.15, -0.1) is 0 Å². The zero-order chi connectivity index (χ0) is 22.2. The highest BCUT2D eigenvalue weighted by Gasteiger charge is 2.40. The first-order valence-corrected chi connectivity index (χ1v) is 11.8. The van der Waals surface area contributed by atoms with Crippen LogP contribution in [-0.4, -0.2) is 11.6 Å². The maximum absolute atomic E-state index is 2.53. The summed E-state index contributed by atoms with van der Waals surface area (Å²) in [5.74, 6) is 2.12. The first-order chi connectivity index (χ1) is 14.1. The topological polar surface area (TPSA) is 6.48 Å². The predicted octanol–water partition coefficient (Wildman–Crippen LogP) is 8.02. The Morgan fingerprint density at radius 3 is 1.87 bits per heavy atom. The van der Waals surface area contributed by atoms with Crippen LogP contribution < -0.4 is 4.90 Å². The van der Waals surface area contributed by atoms with Crippen molar-refractivity contribution in [3.63, 3.8) is 0 Å². The van der Waals surface area contributed by atoms with Crippen molar-refractivity contribution < 1.29 is 0 Å². The molecule has 0 unspecified atom stereocenters. The van der Waals surface area contributed by atoms with Crippen LogP contribution >= 0.6 is 0 Å². The average molecular weight is 407 g/mol. The van der Waals surface area contributed by atoms with Crippen LogP contribution in [0.5, 0.6) is 0 Å². The smallest absolute Gasteiger partial charge is 0.0986 e. The molecule has 1 aliphatic carbocycles. The van der Waals surface area contributed by atoms with Gasteiger partial charge in [0.05, 0.1) is 6.67 Å². The molecule has 1 aromatic carbocycles. The molecule has 0 aromatic heterocycles. The van der Waals surface area contributed by atoms with E-state index in [1.54, 1.807) is 0 Å². The van der Waals surface area contributed by atoms with E-state index < -0.39 is 0 Å². The molecule has 0 fully saturated rings. The maximum Gasteiger partial charge on any atom is 0.0986 e. The minimum atomic E-state index is 0.160. The molecule has 3 rings (SSSR count). The molecule has 2 nitrogen and oxygen atoms in total. The van der Waals surface area contributed by atoms with Gasteiger partial charge in [0.15, 0.2) is 0 Å². The second-order valence-corrected chi connectivity index (χ2v) is 10.6. The van der Waals surface area contributed by atoms with Crippen LogP contribution in [0.15, 0.2) is 54.0 Å². The molecule has 0 bridgehead atoms. The van der Waals surface area contributed by atoms with E-state index in [1.807, 2.05) is 0 Å². The molecule has 0 saturated carbocycles. The van der Waals surface area contributed by atoms with Crippen LogP contribution in [0.4, 0.5) is 5.69 Å². The lowest BCUT2D eigenvalue weighted by molar-refractivity contribution is 0.213. The van der Waals surface area contributed by atoms with Gasteiger partial charge < -0.3 is 9.80 Å². The van der Waals surface area contributed by atoms with Crippen molar-refractivity contribution in [3.8, 4) is 0 Å². The molecule has 164 valence electrons. The lowest BCUT2D eigenvalue weighted by Gasteiger charge is -2.44. The van der Waals surface area contributed by atoms with E-state index in [1.165, 1.54) is 28.1 Å². The SMILES string of the molecule is CC(C)C1=C(N2C=CN(c3c(C(C)C)cccc3C(C)C)C2)[C@](C)(C(C)C)CC=C1. The Morgan fingerprint density at radius 1 is 0.800 bits per heavy atom. The zero-order valence-electron chi connectivity index (χ0n) is 20.7. The second kappa shape index (κ2) is 8.65. The summed E-state index contributed by atoms with van der Waals surface area (Å²) >= 11 is 0. The second-order valence-electron chi connectivity index (χ2n) is 10.6. The molecule has 0 N–H and O–H groups in total. The summed E-state index contributed by atoms with van der Waals surface area (Å²) in [4.78, 5) is 5.01. The number of allylic oxidation sites excluding steroid dienone is 4. The van der Waals surface area contributed by atoms with Gasteiger partial charge in [0.1, 0.15) is 0 Å². The van der Waals surface area contributed by atoms with E-state index in [-0.39, 0.29) is 5.41 Å². The van der Waals surface area contributed by atoms with Gasteiger partial charge in [-0.1, -0.05) is 92.7 Å². The van der Waals surface area contributed by atoms with E-state index in [0.717, 1.165) is 13.1 Å². The van der Waals surface area contributed by atoms with Gasteiger partial charge in [0.2, 0.25) is 0 Å². The summed E-state index contributed by atoms with van der Waals surface area (Å²) in [5, 5.41) is 0. The van der Waals surface area contributed by atoms with Crippen molar-refractivity contribution in [2.45, 2.75) is 80.6 Å². The third-order valence-electron chi connectivity index (χ3n) is 7.20. The molecule has 0 spiro atoms. The molecule has 1 heterocycles. The van der Waals surface area contributed by atoms with Crippen LogP contribution in [-0.2, 0) is 0 Å². The fraction of sp³-hybridized carbons (Fsp3) is 0.571. The Kier molecular flexibility index (Phi) is 6.55.